The average Bonchev–Trinajstić information content (AvgIpc) is 2.89. The molecule has 2 rings (SSSR count). The molecule has 0 radical (unpaired) electrons. The lowest BCUT2D eigenvalue weighted by atomic mass is 10.3. The summed E-state index contributed by atoms with van der Waals surface area (Å²) in [5, 5.41) is 7.50. The number of nitrogens with one attached hydrogen (secondary N) is 1. The van der Waals surface area contributed by atoms with Crippen molar-refractivity contribution in [1.82, 2.24) is 10.3 Å². The summed E-state index contributed by atoms with van der Waals surface area (Å²) in [6, 6.07) is 2.71. The Kier molecular flexibility index (Phi) is 6.08. The van der Waals surface area contributed by atoms with Gasteiger partial charge in [0.2, 0.25) is 11.7 Å². The lowest BCUT2D eigenvalue weighted by molar-refractivity contribution is -0.467. The molecular weight excluding hydrogens is 327 g/mol. The van der Waals surface area contributed by atoms with Crippen LogP contribution in [0.5, 0.6) is 10.9 Å². The molecule has 0 saturated carbocycles. The molecule has 1 N–H and O–H groups in total. The van der Waals surface area contributed by atoms with Crippen LogP contribution < -0.4 is 14.9 Å². The van der Waals surface area contributed by atoms with Crippen molar-refractivity contribution in [2.24, 2.45) is 0 Å². The van der Waals surface area contributed by atoms with Gasteiger partial charge in [-0.3, -0.25) is 4.79 Å². The number of carbonyl (C=O) groups excluding carboxylic acids is 1. The largest absolute Gasteiger partial charge is 0.470 e. The lowest BCUT2D eigenvalue weighted by Gasteiger charge is -2.11. The Morgan fingerprint density at radius 3 is 2.96 bits per heavy atom. The highest BCUT2D eigenvalue weighted by atomic mass is 32.1. The Bertz CT molecular complexity index is 678. The van der Waals surface area contributed by atoms with Crippen molar-refractivity contribution in [2.75, 3.05) is 13.2 Å². The Labute approximate surface area is 136 Å². The van der Waals surface area contributed by atoms with Crippen molar-refractivity contribution in [3.05, 3.63) is 17.9 Å². The maximum atomic E-state index is 14.3. The number of aromatic nitrogens is 1. The number of amides is 1. The topological polar surface area (TPSA) is 78.9 Å². The quantitative estimate of drug-likeness (QED) is 0.450. The molecule has 0 fully saturated rings. The van der Waals surface area contributed by atoms with E-state index in [0.29, 0.717) is 22.0 Å². The summed E-state index contributed by atoms with van der Waals surface area (Å²) in [5.41, 5.74) is 0.475. The van der Waals surface area contributed by atoms with Gasteiger partial charge in [-0.05, 0) is 31.0 Å². The van der Waals surface area contributed by atoms with Gasteiger partial charge in [-0.25, -0.2) is 9.37 Å². The molecule has 2 aromatic rings. The Hall–Kier alpha value is -1.97. The van der Waals surface area contributed by atoms with Crippen LogP contribution in [-0.4, -0.2) is 30.1 Å². The van der Waals surface area contributed by atoms with Crippen molar-refractivity contribution in [1.29, 1.82) is 0 Å². The van der Waals surface area contributed by atoms with Crippen LogP contribution in [0.25, 0.3) is 10.2 Å². The number of thiazole rings is 1. The number of rotatable bonds is 8. The SMILES string of the molecule is CCOc1nc2ccc(OOOC[C@H](C)NC(C)=O)c(F)c2s1. The van der Waals surface area contributed by atoms with E-state index in [-0.39, 0.29) is 24.3 Å². The zero-order valence-electron chi connectivity index (χ0n) is 12.9. The van der Waals surface area contributed by atoms with E-state index >= 15 is 0 Å². The molecule has 0 saturated heterocycles. The summed E-state index contributed by atoms with van der Waals surface area (Å²) in [4.78, 5) is 24.5. The molecule has 23 heavy (non-hydrogen) atoms. The van der Waals surface area contributed by atoms with Crippen LogP contribution >= 0.6 is 11.3 Å². The number of ether oxygens (including phenoxy) is 1. The van der Waals surface area contributed by atoms with Gasteiger partial charge in [0.15, 0.2) is 5.82 Å². The van der Waals surface area contributed by atoms with E-state index in [2.05, 4.69) is 15.3 Å². The predicted octanol–water partition coefficient (Wildman–Crippen LogP) is 2.60. The first-order valence-corrected chi connectivity index (χ1v) is 7.78. The smallest absolute Gasteiger partial charge is 0.274 e. The number of nitrogens with zero attached hydrogens (tertiary/aromatic N) is 1. The second-order valence-corrected chi connectivity index (χ2v) is 5.64. The first-order chi connectivity index (χ1) is 11.0. The minimum Gasteiger partial charge on any atom is -0.470 e. The fourth-order valence-electron chi connectivity index (χ4n) is 1.75. The van der Waals surface area contributed by atoms with Crippen LogP contribution in [0.2, 0.25) is 0 Å². The van der Waals surface area contributed by atoms with Gasteiger partial charge < -0.3 is 14.9 Å². The van der Waals surface area contributed by atoms with E-state index in [0.717, 1.165) is 11.3 Å². The summed E-state index contributed by atoms with van der Waals surface area (Å²) < 4.78 is 19.8. The van der Waals surface area contributed by atoms with Crippen LogP contribution in [0.15, 0.2) is 12.1 Å². The number of benzene rings is 1. The molecule has 0 bridgehead atoms. The van der Waals surface area contributed by atoms with E-state index < -0.39 is 5.82 Å². The number of hydrogen-bond acceptors (Lipinski definition) is 7. The van der Waals surface area contributed by atoms with E-state index in [4.69, 9.17) is 14.5 Å². The minimum atomic E-state index is -0.607. The van der Waals surface area contributed by atoms with E-state index in [1.807, 2.05) is 6.92 Å². The maximum absolute atomic E-state index is 14.3. The van der Waals surface area contributed by atoms with Gasteiger partial charge in [0, 0.05) is 6.92 Å². The van der Waals surface area contributed by atoms with Crippen molar-refractivity contribution < 1.29 is 28.7 Å². The van der Waals surface area contributed by atoms with Gasteiger partial charge in [0.25, 0.3) is 5.19 Å². The lowest BCUT2D eigenvalue weighted by Crippen LogP contribution is -2.34. The molecule has 0 aliphatic rings. The van der Waals surface area contributed by atoms with Crippen LogP contribution in [0.1, 0.15) is 20.8 Å². The van der Waals surface area contributed by atoms with Gasteiger partial charge >= 0.3 is 0 Å². The highest BCUT2D eigenvalue weighted by Gasteiger charge is 2.15. The third-order valence-corrected chi connectivity index (χ3v) is 3.63. The maximum Gasteiger partial charge on any atom is 0.274 e. The summed E-state index contributed by atoms with van der Waals surface area (Å²) in [6.45, 7) is 5.45. The van der Waals surface area contributed by atoms with Crippen LogP contribution in [0.4, 0.5) is 4.39 Å². The van der Waals surface area contributed by atoms with Gasteiger partial charge in [0.1, 0.15) is 6.61 Å². The molecule has 1 aromatic heterocycles. The highest BCUT2D eigenvalue weighted by molar-refractivity contribution is 7.20. The summed E-state index contributed by atoms with van der Waals surface area (Å²) >= 11 is 1.08. The third-order valence-electron chi connectivity index (χ3n) is 2.65. The van der Waals surface area contributed by atoms with Crippen molar-refractivity contribution in [3.8, 4) is 10.9 Å². The number of fused-ring (bicyclic) bond motifs is 1. The van der Waals surface area contributed by atoms with Crippen LogP contribution in [-0.2, 0) is 14.7 Å². The molecule has 1 heterocycles. The summed E-state index contributed by atoms with van der Waals surface area (Å²) in [5.74, 6) is -0.922. The highest BCUT2D eigenvalue weighted by Crippen LogP contribution is 2.34. The summed E-state index contributed by atoms with van der Waals surface area (Å²) in [7, 11) is 0. The number of halogens is 1. The van der Waals surface area contributed by atoms with Gasteiger partial charge in [-0.15, -0.1) is 0 Å². The molecule has 1 atom stereocenters. The van der Waals surface area contributed by atoms with Crippen molar-refractivity contribution in [3.63, 3.8) is 0 Å². The van der Waals surface area contributed by atoms with E-state index in [1.54, 1.807) is 13.0 Å². The van der Waals surface area contributed by atoms with Gasteiger partial charge in [0.05, 0.1) is 22.9 Å². The molecule has 1 aromatic carbocycles. The molecule has 1 amide bonds. The Morgan fingerprint density at radius 2 is 2.26 bits per heavy atom. The first-order valence-electron chi connectivity index (χ1n) is 6.96. The molecule has 0 aliphatic carbocycles. The monoisotopic (exact) mass is 344 g/mol. The predicted molar refractivity (Wildman–Crippen MR) is 81.7 cm³/mol. The standard InChI is InChI=1S/C14H17FN2O5S/c1-4-19-14-17-10-5-6-11(12(15)13(10)23-14)21-22-20-7-8(2)16-9(3)18/h5-6,8H,4,7H2,1-3H3,(H,16,18)/t8-/m0/s1. The molecule has 0 aliphatic heterocycles. The molecule has 9 heteroatoms. The molecule has 0 unspecified atom stereocenters. The number of carbonyl (C=O) groups is 1. The Balaban J connectivity index is 1.92. The molecular formula is C14H17FN2O5S. The summed E-state index contributed by atoms with van der Waals surface area (Å²) in [6.07, 6.45) is 0. The molecule has 126 valence electrons. The second kappa shape index (κ2) is 8.04. The van der Waals surface area contributed by atoms with Gasteiger partial charge in [-0.2, -0.15) is 4.89 Å². The average molecular weight is 344 g/mol. The van der Waals surface area contributed by atoms with E-state index in [9.17, 15) is 9.18 Å². The molecule has 0 spiro atoms. The fourth-order valence-corrected chi connectivity index (χ4v) is 2.65. The van der Waals surface area contributed by atoms with E-state index in [1.165, 1.54) is 13.0 Å². The second-order valence-electron chi connectivity index (χ2n) is 4.68. The number of hydrogen-bond donors (Lipinski definition) is 1. The zero-order valence-corrected chi connectivity index (χ0v) is 13.7. The van der Waals surface area contributed by atoms with Crippen molar-refractivity contribution >= 4 is 27.5 Å². The van der Waals surface area contributed by atoms with Crippen LogP contribution in [0, 0.1) is 5.82 Å². The third kappa shape index (κ3) is 4.75. The minimum absolute atomic E-state index is 0.0541. The fraction of sp³-hybridized carbons (Fsp3) is 0.429. The molecule has 7 nitrogen and oxygen atoms in total. The normalized spacial score (nSPS) is 12.2. The zero-order chi connectivity index (χ0) is 16.8. The van der Waals surface area contributed by atoms with Gasteiger partial charge in [-0.1, -0.05) is 11.3 Å². The first kappa shape index (κ1) is 17.4. The van der Waals surface area contributed by atoms with Crippen LogP contribution in [0.3, 0.4) is 0 Å². The Morgan fingerprint density at radius 1 is 1.48 bits per heavy atom. The van der Waals surface area contributed by atoms with Crippen molar-refractivity contribution in [2.45, 2.75) is 26.8 Å².